The summed E-state index contributed by atoms with van der Waals surface area (Å²) in [5, 5.41) is 9.45. The van der Waals surface area contributed by atoms with E-state index in [0.29, 0.717) is 12.2 Å². The van der Waals surface area contributed by atoms with Crippen LogP contribution in [0.5, 0.6) is 0 Å². The molecule has 0 amide bonds. The van der Waals surface area contributed by atoms with Gasteiger partial charge in [-0.15, -0.1) is 0 Å². The molecule has 152 valence electrons. The van der Waals surface area contributed by atoms with Crippen LogP contribution in [0.3, 0.4) is 0 Å². The Kier molecular flexibility index (Phi) is 6.60. The zero-order valence-corrected chi connectivity index (χ0v) is 18.6. The normalized spacial score (nSPS) is 31.7. The third kappa shape index (κ3) is 4.38. The highest BCUT2D eigenvalue weighted by molar-refractivity contribution is 9.10. The summed E-state index contributed by atoms with van der Waals surface area (Å²) < 4.78 is 25.3. The van der Waals surface area contributed by atoms with Gasteiger partial charge >= 0.3 is 0 Å². The molecule has 2 fully saturated rings. The van der Waals surface area contributed by atoms with Gasteiger partial charge in [0.1, 0.15) is 17.6 Å². The molecule has 29 heavy (non-hydrogen) atoms. The number of ether oxygens (including phenoxy) is 4. The minimum atomic E-state index is -0.402. The molecule has 5 nitrogen and oxygen atoms in total. The number of fused-ring (bicyclic) bond motifs is 1. The Balaban J connectivity index is 1.53. The number of hydrogen-bond donors (Lipinski definition) is 0. The fourth-order valence-corrected chi connectivity index (χ4v) is 5.72. The molecule has 0 N–H and O–H groups in total. The van der Waals surface area contributed by atoms with Gasteiger partial charge in [-0.1, -0.05) is 64.9 Å². The quantitative estimate of drug-likeness (QED) is 0.626. The van der Waals surface area contributed by atoms with Gasteiger partial charge in [0.2, 0.25) is 0 Å². The summed E-state index contributed by atoms with van der Waals surface area (Å²) in [6, 6.07) is 17.8. The minimum absolute atomic E-state index is 0.101. The van der Waals surface area contributed by atoms with Crippen molar-refractivity contribution in [2.24, 2.45) is 5.92 Å². The molecule has 2 saturated heterocycles. The topological polar surface area (TPSA) is 60.7 Å². The molecule has 2 aliphatic heterocycles. The van der Waals surface area contributed by atoms with Gasteiger partial charge in [-0.2, -0.15) is 5.26 Å². The van der Waals surface area contributed by atoms with Gasteiger partial charge < -0.3 is 18.9 Å². The smallest absolute Gasteiger partial charge is 0.184 e. The summed E-state index contributed by atoms with van der Waals surface area (Å²) in [6.45, 7) is 2.58. The molecule has 0 spiro atoms. The van der Waals surface area contributed by atoms with Crippen LogP contribution in [-0.4, -0.2) is 37.5 Å². The van der Waals surface area contributed by atoms with E-state index in [1.165, 1.54) is 11.8 Å². The molecule has 0 aliphatic carbocycles. The Labute approximate surface area is 183 Å². The van der Waals surface area contributed by atoms with Crippen LogP contribution in [0.2, 0.25) is 0 Å². The number of nitriles is 1. The maximum atomic E-state index is 9.45. The second-order valence-corrected chi connectivity index (χ2v) is 9.20. The monoisotopic (exact) mass is 475 g/mol. The van der Waals surface area contributed by atoms with Crippen molar-refractivity contribution in [2.75, 3.05) is 13.7 Å². The molecule has 0 aromatic heterocycles. The van der Waals surface area contributed by atoms with E-state index in [9.17, 15) is 5.26 Å². The molecule has 2 aromatic carbocycles. The molecule has 0 saturated carbocycles. The van der Waals surface area contributed by atoms with Crippen molar-refractivity contribution in [2.45, 2.75) is 41.9 Å². The highest BCUT2D eigenvalue weighted by Gasteiger charge is 2.48. The van der Waals surface area contributed by atoms with Gasteiger partial charge in [0.05, 0.1) is 24.4 Å². The Bertz CT molecular complexity index is 890. The first-order valence-electron chi connectivity index (χ1n) is 9.47. The summed E-state index contributed by atoms with van der Waals surface area (Å²) in [7, 11) is 1.69. The van der Waals surface area contributed by atoms with Crippen molar-refractivity contribution in [3.8, 4) is 6.07 Å². The lowest BCUT2D eigenvalue weighted by Crippen LogP contribution is -2.57. The molecular weight excluding hydrogens is 454 g/mol. The largest absolute Gasteiger partial charge is 0.377 e. The van der Waals surface area contributed by atoms with Gasteiger partial charge in [0.25, 0.3) is 0 Å². The predicted octanol–water partition coefficient (Wildman–Crippen LogP) is 4.90. The maximum Gasteiger partial charge on any atom is 0.184 e. The number of rotatable bonds is 4. The van der Waals surface area contributed by atoms with Crippen LogP contribution in [0.4, 0.5) is 0 Å². The van der Waals surface area contributed by atoms with Crippen molar-refractivity contribution >= 4 is 27.7 Å². The first-order valence-corrected chi connectivity index (χ1v) is 11.1. The third-order valence-electron chi connectivity index (χ3n) is 5.32. The molecule has 2 aliphatic rings. The van der Waals surface area contributed by atoms with E-state index in [1.54, 1.807) is 13.2 Å². The van der Waals surface area contributed by atoms with Crippen molar-refractivity contribution in [3.05, 3.63) is 64.1 Å². The molecule has 0 radical (unpaired) electrons. The van der Waals surface area contributed by atoms with Gasteiger partial charge in [-0.25, -0.2) is 0 Å². The lowest BCUT2D eigenvalue weighted by Gasteiger charge is -2.48. The number of nitrogens with zero attached hydrogens (tertiary/aromatic N) is 1. The van der Waals surface area contributed by atoms with Gasteiger partial charge in [-0.3, -0.25) is 0 Å². The van der Waals surface area contributed by atoms with Gasteiger partial charge in [0.15, 0.2) is 6.29 Å². The minimum Gasteiger partial charge on any atom is -0.377 e. The van der Waals surface area contributed by atoms with Crippen LogP contribution in [0.25, 0.3) is 0 Å². The van der Waals surface area contributed by atoms with Crippen LogP contribution in [0, 0.1) is 17.2 Å². The van der Waals surface area contributed by atoms with E-state index in [-0.39, 0.29) is 29.7 Å². The number of benzene rings is 2. The fraction of sp³-hybridized carbons (Fsp3) is 0.409. The van der Waals surface area contributed by atoms with Crippen LogP contribution in [0.1, 0.15) is 24.3 Å². The summed E-state index contributed by atoms with van der Waals surface area (Å²) in [5.74, 6) is 0.101. The molecule has 0 bridgehead atoms. The van der Waals surface area contributed by atoms with Crippen LogP contribution >= 0.6 is 27.7 Å². The highest BCUT2D eigenvalue weighted by Crippen LogP contribution is 2.43. The maximum absolute atomic E-state index is 9.45. The summed E-state index contributed by atoms with van der Waals surface area (Å²) in [4.78, 5) is 0.861. The van der Waals surface area contributed by atoms with Crippen LogP contribution in [0.15, 0.2) is 57.9 Å². The fourth-order valence-electron chi connectivity index (χ4n) is 3.83. The first-order chi connectivity index (χ1) is 14.1. The standard InChI is InChI=1S/C22H22BrNO4S/c1-13-19-17(12-26-21(28-19)14-6-4-3-5-7-14)27-22(20(13)25-2)29-18-10-16(23)9-8-15(18)11-24/h3-10,13,17,19-22H,12H2,1-2H3/t13?,17?,19-,20?,21?,22-/m1/s1. The van der Waals surface area contributed by atoms with Crippen molar-refractivity contribution in [3.63, 3.8) is 0 Å². The van der Waals surface area contributed by atoms with E-state index < -0.39 is 6.29 Å². The highest BCUT2D eigenvalue weighted by atomic mass is 79.9. The summed E-state index contributed by atoms with van der Waals surface area (Å²) >= 11 is 4.99. The van der Waals surface area contributed by atoms with E-state index in [2.05, 4.69) is 28.9 Å². The zero-order chi connectivity index (χ0) is 20.4. The zero-order valence-electron chi connectivity index (χ0n) is 16.2. The Morgan fingerprint density at radius 3 is 2.69 bits per heavy atom. The van der Waals surface area contributed by atoms with E-state index in [1.807, 2.05) is 42.5 Å². The summed E-state index contributed by atoms with van der Waals surface area (Å²) in [6.07, 6.45) is -0.901. The van der Waals surface area contributed by atoms with Crippen LogP contribution in [-0.2, 0) is 18.9 Å². The lowest BCUT2D eigenvalue weighted by atomic mass is 9.90. The molecule has 6 atom stereocenters. The van der Waals surface area contributed by atoms with Gasteiger partial charge in [-0.05, 0) is 18.2 Å². The van der Waals surface area contributed by atoms with E-state index >= 15 is 0 Å². The number of thioether (sulfide) groups is 1. The van der Waals surface area contributed by atoms with Crippen molar-refractivity contribution in [1.82, 2.24) is 0 Å². The Morgan fingerprint density at radius 2 is 1.97 bits per heavy atom. The number of halogens is 1. The van der Waals surface area contributed by atoms with E-state index in [0.717, 1.165) is 14.9 Å². The molecule has 7 heteroatoms. The summed E-state index contributed by atoms with van der Waals surface area (Å²) in [5.41, 5.74) is 1.35. The number of hydrogen-bond acceptors (Lipinski definition) is 6. The van der Waals surface area contributed by atoms with E-state index in [4.69, 9.17) is 18.9 Å². The van der Waals surface area contributed by atoms with Gasteiger partial charge in [0, 0.05) is 28.0 Å². The molecule has 2 aromatic rings. The first kappa shape index (κ1) is 20.9. The average Bonchev–Trinajstić information content (AvgIpc) is 2.75. The Morgan fingerprint density at radius 1 is 1.17 bits per heavy atom. The molecular formula is C22H22BrNO4S. The lowest BCUT2D eigenvalue weighted by molar-refractivity contribution is -0.309. The molecule has 4 rings (SSSR count). The van der Waals surface area contributed by atoms with Crippen LogP contribution < -0.4 is 0 Å². The second-order valence-electron chi connectivity index (χ2n) is 7.15. The average molecular weight is 476 g/mol. The second kappa shape index (κ2) is 9.17. The predicted molar refractivity (Wildman–Crippen MR) is 113 cm³/mol. The third-order valence-corrected chi connectivity index (χ3v) is 7.02. The molecule has 2 heterocycles. The van der Waals surface area contributed by atoms with Crippen molar-refractivity contribution < 1.29 is 18.9 Å². The van der Waals surface area contributed by atoms with Crippen molar-refractivity contribution in [1.29, 1.82) is 5.26 Å². The number of methoxy groups -OCH3 is 1. The molecule has 4 unspecified atom stereocenters. The Hall–Kier alpha value is -1.40. The SMILES string of the molecule is COC1C(C)[C@H]2OC(c3ccccc3)OCC2O[C@@H]1Sc1cc(Br)ccc1C#N.